The van der Waals surface area contributed by atoms with Crippen molar-refractivity contribution in [2.24, 2.45) is 0 Å². The molecule has 110 valence electrons. The summed E-state index contributed by atoms with van der Waals surface area (Å²) in [5.74, 6) is -0.530. The molecule has 20 heavy (non-hydrogen) atoms. The number of hydrogen-bond acceptors (Lipinski definition) is 6. The molecular formula is C11H14N2O6S. The van der Waals surface area contributed by atoms with Crippen molar-refractivity contribution in [3.8, 4) is 0 Å². The highest BCUT2D eigenvalue weighted by Crippen LogP contribution is 2.22. The largest absolute Gasteiger partial charge is 0.358 e. The number of sulfonamides is 1. The molecule has 0 aromatic heterocycles. The van der Waals surface area contributed by atoms with Gasteiger partial charge in [-0.3, -0.25) is 14.9 Å². The highest BCUT2D eigenvalue weighted by molar-refractivity contribution is 7.89. The maximum Gasteiger partial charge on any atom is 0.273 e. The molecule has 1 unspecified atom stereocenters. The minimum Gasteiger partial charge on any atom is -0.358 e. The van der Waals surface area contributed by atoms with Gasteiger partial charge in [0.1, 0.15) is 0 Å². The fourth-order valence-corrected chi connectivity index (χ4v) is 2.65. The van der Waals surface area contributed by atoms with E-state index in [1.165, 1.54) is 26.2 Å². The first-order valence-corrected chi connectivity index (χ1v) is 6.98. The Balaban J connectivity index is 3.19. The lowest BCUT2D eigenvalue weighted by Crippen LogP contribution is -2.40. The Morgan fingerprint density at radius 1 is 1.45 bits per heavy atom. The van der Waals surface area contributed by atoms with E-state index in [0.717, 1.165) is 13.0 Å². The van der Waals surface area contributed by atoms with Crippen LogP contribution in [0.5, 0.6) is 0 Å². The van der Waals surface area contributed by atoms with E-state index in [4.69, 9.17) is 4.74 Å². The third-order valence-corrected chi connectivity index (χ3v) is 3.95. The summed E-state index contributed by atoms with van der Waals surface area (Å²) in [6, 6.07) is 3.48. The molecule has 0 aliphatic carbocycles. The molecule has 0 radical (unpaired) electrons. The van der Waals surface area contributed by atoms with E-state index in [9.17, 15) is 23.3 Å². The second-order valence-electron chi connectivity index (χ2n) is 4.05. The second-order valence-corrected chi connectivity index (χ2v) is 5.77. The monoisotopic (exact) mass is 302 g/mol. The highest BCUT2D eigenvalue weighted by atomic mass is 32.2. The van der Waals surface area contributed by atoms with Crippen LogP contribution >= 0.6 is 0 Å². The molecule has 1 rings (SSSR count). The van der Waals surface area contributed by atoms with Crippen LogP contribution in [-0.4, -0.2) is 32.5 Å². The number of aryl methyl sites for hydroxylation is 1. The number of nitro benzene ring substituents is 1. The molecule has 1 aromatic carbocycles. The van der Waals surface area contributed by atoms with Gasteiger partial charge in [0.25, 0.3) is 5.69 Å². The summed E-state index contributed by atoms with van der Waals surface area (Å²) >= 11 is 0. The van der Waals surface area contributed by atoms with E-state index in [1.807, 2.05) is 4.72 Å². The smallest absolute Gasteiger partial charge is 0.273 e. The third-order valence-electron chi connectivity index (χ3n) is 2.55. The lowest BCUT2D eigenvalue weighted by atomic mass is 10.2. The number of rotatable bonds is 6. The normalized spacial score (nSPS) is 12.9. The van der Waals surface area contributed by atoms with Crippen LogP contribution in [0, 0.1) is 17.0 Å². The van der Waals surface area contributed by atoms with Gasteiger partial charge in [-0.15, -0.1) is 0 Å². The molecule has 9 heteroatoms. The standard InChI is InChI=1S/C11H14N2O6S/c1-7-4-5-9(6-10(7)13(15)16)20(17,18)12-11(19-3)8(2)14/h4-6,11-12H,1-3H3. The zero-order chi connectivity index (χ0) is 15.5. The van der Waals surface area contributed by atoms with E-state index in [0.29, 0.717) is 5.56 Å². The van der Waals surface area contributed by atoms with Gasteiger partial charge in [-0.1, -0.05) is 6.07 Å². The van der Waals surface area contributed by atoms with Gasteiger partial charge in [0.05, 0.1) is 9.82 Å². The van der Waals surface area contributed by atoms with Crippen LogP contribution in [-0.2, 0) is 19.6 Å². The van der Waals surface area contributed by atoms with E-state index < -0.39 is 27.0 Å². The van der Waals surface area contributed by atoms with Crippen molar-refractivity contribution < 1.29 is 22.9 Å². The zero-order valence-electron chi connectivity index (χ0n) is 11.1. The average molecular weight is 302 g/mol. The summed E-state index contributed by atoms with van der Waals surface area (Å²) in [4.78, 5) is 21.0. The molecule has 1 aromatic rings. The molecule has 0 amide bonds. The predicted octanol–water partition coefficient (Wildman–Crippen LogP) is 0.743. The number of Topliss-reactive ketones (excluding diaryl/α,β-unsaturated/α-hetero) is 1. The summed E-state index contributed by atoms with van der Waals surface area (Å²) in [6.45, 7) is 2.66. The van der Waals surface area contributed by atoms with Gasteiger partial charge < -0.3 is 4.74 Å². The van der Waals surface area contributed by atoms with E-state index >= 15 is 0 Å². The lowest BCUT2D eigenvalue weighted by Gasteiger charge is -2.14. The van der Waals surface area contributed by atoms with Crippen LogP contribution in [0.1, 0.15) is 12.5 Å². The molecule has 0 fully saturated rings. The first-order valence-electron chi connectivity index (χ1n) is 5.49. The minimum absolute atomic E-state index is 0.307. The number of methoxy groups -OCH3 is 1. The molecule has 0 saturated carbocycles. The van der Waals surface area contributed by atoms with Gasteiger partial charge in [0, 0.05) is 18.7 Å². The van der Waals surface area contributed by atoms with E-state index in [2.05, 4.69) is 0 Å². The molecule has 0 saturated heterocycles. The summed E-state index contributed by atoms with van der Waals surface area (Å²) in [6.07, 6.45) is -1.33. The molecule has 0 aliphatic rings. The van der Waals surface area contributed by atoms with Crippen molar-refractivity contribution in [2.75, 3.05) is 7.11 Å². The molecule has 8 nitrogen and oxygen atoms in total. The number of carbonyl (C=O) groups is 1. The molecule has 1 atom stereocenters. The number of nitrogens with zero attached hydrogens (tertiary/aromatic N) is 1. The van der Waals surface area contributed by atoms with Gasteiger partial charge >= 0.3 is 0 Å². The molecule has 0 bridgehead atoms. The van der Waals surface area contributed by atoms with E-state index in [-0.39, 0.29) is 10.6 Å². The lowest BCUT2D eigenvalue weighted by molar-refractivity contribution is -0.385. The SMILES string of the molecule is COC(NS(=O)(=O)c1ccc(C)c([N+](=O)[O-])c1)C(C)=O. The quantitative estimate of drug-likeness (QED) is 0.471. The molecule has 0 heterocycles. The number of ether oxygens (including phenoxy) is 1. The average Bonchev–Trinajstić information content (AvgIpc) is 2.35. The van der Waals surface area contributed by atoms with Crippen LogP contribution < -0.4 is 4.72 Å². The van der Waals surface area contributed by atoms with Crippen LogP contribution in [0.4, 0.5) is 5.69 Å². The van der Waals surface area contributed by atoms with Gasteiger partial charge in [-0.05, 0) is 19.9 Å². The number of carbonyl (C=O) groups excluding carboxylic acids is 1. The topological polar surface area (TPSA) is 116 Å². The predicted molar refractivity (Wildman–Crippen MR) is 69.6 cm³/mol. The Labute approximate surface area is 115 Å². The van der Waals surface area contributed by atoms with Crippen molar-refractivity contribution in [3.05, 3.63) is 33.9 Å². The number of nitrogens with one attached hydrogen (secondary N) is 1. The summed E-state index contributed by atoms with van der Waals surface area (Å²) < 4.78 is 30.8. The Kier molecular flexibility index (Phi) is 4.93. The Morgan fingerprint density at radius 2 is 2.05 bits per heavy atom. The number of ketones is 1. The van der Waals surface area contributed by atoms with Crippen molar-refractivity contribution in [2.45, 2.75) is 25.0 Å². The van der Waals surface area contributed by atoms with Crippen molar-refractivity contribution in [1.29, 1.82) is 0 Å². The molecular weight excluding hydrogens is 288 g/mol. The number of nitro groups is 1. The third kappa shape index (κ3) is 3.59. The Bertz CT molecular complexity index is 640. The summed E-state index contributed by atoms with van der Waals surface area (Å²) in [5.41, 5.74) is 0.0217. The van der Waals surface area contributed by atoms with Gasteiger partial charge in [0.2, 0.25) is 10.0 Å². The fraction of sp³-hybridized carbons (Fsp3) is 0.364. The van der Waals surface area contributed by atoms with Crippen LogP contribution in [0.2, 0.25) is 0 Å². The first-order chi connectivity index (χ1) is 9.19. The minimum atomic E-state index is -4.09. The van der Waals surface area contributed by atoms with E-state index in [1.54, 1.807) is 0 Å². The Hall–Kier alpha value is -1.84. The molecule has 1 N–H and O–H groups in total. The maximum atomic E-state index is 12.0. The van der Waals surface area contributed by atoms with Crippen LogP contribution in [0.25, 0.3) is 0 Å². The van der Waals surface area contributed by atoms with Crippen LogP contribution in [0.15, 0.2) is 23.1 Å². The maximum absolute atomic E-state index is 12.0. The zero-order valence-corrected chi connectivity index (χ0v) is 11.9. The number of hydrogen-bond donors (Lipinski definition) is 1. The number of benzene rings is 1. The van der Waals surface area contributed by atoms with Gasteiger partial charge in [0.15, 0.2) is 12.0 Å². The molecule has 0 aliphatic heterocycles. The summed E-state index contributed by atoms with van der Waals surface area (Å²) in [5, 5.41) is 10.8. The van der Waals surface area contributed by atoms with Crippen molar-refractivity contribution in [1.82, 2.24) is 4.72 Å². The molecule has 0 spiro atoms. The highest BCUT2D eigenvalue weighted by Gasteiger charge is 2.25. The summed E-state index contributed by atoms with van der Waals surface area (Å²) in [7, 11) is -2.92. The fourth-order valence-electron chi connectivity index (χ4n) is 1.46. The first kappa shape index (κ1) is 16.2. The Morgan fingerprint density at radius 3 is 2.50 bits per heavy atom. The second kappa shape index (κ2) is 6.07. The van der Waals surface area contributed by atoms with Crippen LogP contribution in [0.3, 0.4) is 0 Å². The van der Waals surface area contributed by atoms with Gasteiger partial charge in [-0.2, -0.15) is 4.72 Å². The van der Waals surface area contributed by atoms with Crippen molar-refractivity contribution >= 4 is 21.5 Å². The van der Waals surface area contributed by atoms with Crippen molar-refractivity contribution in [3.63, 3.8) is 0 Å². The van der Waals surface area contributed by atoms with Gasteiger partial charge in [-0.25, -0.2) is 8.42 Å².